The molecule has 21 heavy (non-hydrogen) atoms. The quantitative estimate of drug-likeness (QED) is 0.892. The van der Waals surface area contributed by atoms with Crippen LogP contribution in [0.4, 0.5) is 0 Å². The van der Waals surface area contributed by atoms with E-state index in [1.807, 2.05) is 0 Å². The second-order valence-corrected chi connectivity index (χ2v) is 5.86. The third-order valence-corrected chi connectivity index (χ3v) is 4.36. The largest absolute Gasteiger partial charge is 0.481 e. The highest BCUT2D eigenvalue weighted by atomic mass is 16.5. The number of furan rings is 1. The smallest absolute Gasteiger partial charge is 0.308 e. The minimum atomic E-state index is -0.804. The first-order chi connectivity index (χ1) is 10.1. The Bertz CT molecular complexity index is 548. The van der Waals surface area contributed by atoms with Crippen molar-refractivity contribution in [2.45, 2.75) is 19.4 Å². The highest BCUT2D eigenvalue weighted by Gasteiger charge is 2.47. The van der Waals surface area contributed by atoms with Crippen LogP contribution in [0.25, 0.3) is 0 Å². The van der Waals surface area contributed by atoms with Gasteiger partial charge in [0.2, 0.25) is 0 Å². The second kappa shape index (κ2) is 5.52. The van der Waals surface area contributed by atoms with Crippen molar-refractivity contribution in [3.63, 3.8) is 0 Å². The van der Waals surface area contributed by atoms with E-state index in [0.717, 1.165) is 12.8 Å². The van der Waals surface area contributed by atoms with Crippen LogP contribution in [-0.2, 0) is 16.1 Å². The number of carbonyl (C=O) groups is 2. The molecule has 0 unspecified atom stereocenters. The van der Waals surface area contributed by atoms with E-state index in [-0.39, 0.29) is 24.1 Å². The maximum Gasteiger partial charge on any atom is 0.308 e. The normalized spacial score (nSPS) is 25.3. The number of likely N-dealkylation sites (tertiary alicyclic amines) is 1. The molecule has 1 aliphatic heterocycles. The Hall–Kier alpha value is -1.82. The third kappa shape index (κ3) is 2.81. The number of carboxylic acids is 1. The maximum atomic E-state index is 12.4. The van der Waals surface area contributed by atoms with Crippen molar-refractivity contribution < 1.29 is 23.8 Å². The molecular weight excluding hydrogens is 274 g/mol. The standard InChI is InChI=1S/C15H19NO5/c1-20-8-10-4-5-13(21-10)14(17)16-6-11(9-2-3-9)12(7-16)15(18)19/h4-5,9,11-12H,2-3,6-8H2,1H3,(H,18,19)/t11-,12+/m1/s1. The van der Waals surface area contributed by atoms with E-state index < -0.39 is 11.9 Å². The number of methoxy groups -OCH3 is 1. The Morgan fingerprint density at radius 1 is 1.38 bits per heavy atom. The summed E-state index contributed by atoms with van der Waals surface area (Å²) >= 11 is 0. The second-order valence-electron chi connectivity index (χ2n) is 5.86. The molecule has 6 heteroatoms. The van der Waals surface area contributed by atoms with E-state index in [1.165, 1.54) is 0 Å². The van der Waals surface area contributed by atoms with Crippen molar-refractivity contribution >= 4 is 11.9 Å². The number of rotatable bonds is 5. The lowest BCUT2D eigenvalue weighted by atomic mass is 9.92. The van der Waals surface area contributed by atoms with E-state index >= 15 is 0 Å². The van der Waals surface area contributed by atoms with Crippen molar-refractivity contribution in [1.82, 2.24) is 4.90 Å². The molecule has 0 bridgehead atoms. The van der Waals surface area contributed by atoms with E-state index in [1.54, 1.807) is 24.1 Å². The molecule has 2 aliphatic rings. The first-order valence-corrected chi connectivity index (χ1v) is 7.20. The monoisotopic (exact) mass is 293 g/mol. The Morgan fingerprint density at radius 3 is 2.76 bits per heavy atom. The number of carboxylic acid groups (broad SMARTS) is 1. The average molecular weight is 293 g/mol. The van der Waals surface area contributed by atoms with Crippen LogP contribution in [0, 0.1) is 17.8 Å². The topological polar surface area (TPSA) is 80.0 Å². The van der Waals surface area contributed by atoms with Gasteiger partial charge in [-0.15, -0.1) is 0 Å². The summed E-state index contributed by atoms with van der Waals surface area (Å²) in [7, 11) is 1.56. The predicted octanol–water partition coefficient (Wildman–Crippen LogP) is 1.61. The number of ether oxygens (including phenoxy) is 1. The summed E-state index contributed by atoms with van der Waals surface area (Å²) in [6, 6.07) is 3.33. The Labute approximate surface area is 122 Å². The van der Waals surface area contributed by atoms with Gasteiger partial charge in [-0.3, -0.25) is 9.59 Å². The minimum Gasteiger partial charge on any atom is -0.481 e. The predicted molar refractivity (Wildman–Crippen MR) is 72.7 cm³/mol. The molecule has 1 aromatic rings. The van der Waals surface area contributed by atoms with Gasteiger partial charge < -0.3 is 19.2 Å². The first kappa shape index (κ1) is 14.1. The van der Waals surface area contributed by atoms with Gasteiger partial charge in [0, 0.05) is 20.2 Å². The highest BCUT2D eigenvalue weighted by molar-refractivity contribution is 5.92. The molecule has 2 heterocycles. The van der Waals surface area contributed by atoms with Crippen LogP contribution in [0.3, 0.4) is 0 Å². The zero-order chi connectivity index (χ0) is 15.0. The number of hydrogen-bond acceptors (Lipinski definition) is 4. The Balaban J connectivity index is 1.71. The van der Waals surface area contributed by atoms with E-state index in [0.29, 0.717) is 24.8 Å². The minimum absolute atomic E-state index is 0.0832. The van der Waals surface area contributed by atoms with Gasteiger partial charge in [0.05, 0.1) is 5.92 Å². The lowest BCUT2D eigenvalue weighted by Gasteiger charge is -2.14. The molecule has 1 saturated carbocycles. The number of amides is 1. The summed E-state index contributed by atoms with van der Waals surface area (Å²) < 4.78 is 10.4. The molecule has 0 aromatic carbocycles. The van der Waals surface area contributed by atoms with Crippen molar-refractivity contribution in [2.75, 3.05) is 20.2 Å². The van der Waals surface area contributed by atoms with E-state index in [2.05, 4.69) is 0 Å². The van der Waals surface area contributed by atoms with Crippen LogP contribution in [-0.4, -0.2) is 42.1 Å². The SMILES string of the molecule is COCc1ccc(C(=O)N2C[C@H](C(=O)O)[C@@H](C3CC3)C2)o1. The molecule has 0 spiro atoms. The van der Waals surface area contributed by atoms with Gasteiger partial charge in [-0.2, -0.15) is 0 Å². The molecule has 6 nitrogen and oxygen atoms in total. The van der Waals surface area contributed by atoms with Crippen molar-refractivity contribution in [2.24, 2.45) is 17.8 Å². The van der Waals surface area contributed by atoms with Crippen molar-refractivity contribution in [3.05, 3.63) is 23.7 Å². The fourth-order valence-corrected chi connectivity index (χ4v) is 3.13. The number of nitrogens with zero attached hydrogens (tertiary/aromatic N) is 1. The zero-order valence-corrected chi connectivity index (χ0v) is 11.9. The fraction of sp³-hybridized carbons (Fsp3) is 0.600. The van der Waals surface area contributed by atoms with Crippen LogP contribution in [0.1, 0.15) is 29.2 Å². The van der Waals surface area contributed by atoms with Crippen LogP contribution in [0.15, 0.2) is 16.5 Å². The third-order valence-electron chi connectivity index (χ3n) is 4.36. The molecule has 2 atom stereocenters. The Morgan fingerprint density at radius 2 is 2.14 bits per heavy atom. The Kier molecular flexibility index (Phi) is 3.71. The van der Waals surface area contributed by atoms with Crippen LogP contribution >= 0.6 is 0 Å². The number of carbonyl (C=O) groups excluding carboxylic acids is 1. The van der Waals surface area contributed by atoms with Gasteiger partial charge in [-0.1, -0.05) is 0 Å². The van der Waals surface area contributed by atoms with Gasteiger partial charge in [0.15, 0.2) is 5.76 Å². The zero-order valence-electron chi connectivity index (χ0n) is 11.9. The fourth-order valence-electron chi connectivity index (χ4n) is 3.13. The van der Waals surface area contributed by atoms with Gasteiger partial charge in [-0.25, -0.2) is 0 Å². The first-order valence-electron chi connectivity index (χ1n) is 7.20. The number of hydrogen-bond donors (Lipinski definition) is 1. The van der Waals surface area contributed by atoms with Crippen LogP contribution in [0.5, 0.6) is 0 Å². The molecule has 0 radical (unpaired) electrons. The maximum absolute atomic E-state index is 12.4. The van der Waals surface area contributed by atoms with Crippen LogP contribution < -0.4 is 0 Å². The van der Waals surface area contributed by atoms with Gasteiger partial charge in [0.1, 0.15) is 12.4 Å². The molecule has 114 valence electrons. The van der Waals surface area contributed by atoms with E-state index in [9.17, 15) is 14.7 Å². The van der Waals surface area contributed by atoms with Gasteiger partial charge in [-0.05, 0) is 36.8 Å². The summed E-state index contributed by atoms with van der Waals surface area (Å²) in [6.07, 6.45) is 2.16. The van der Waals surface area contributed by atoms with Crippen molar-refractivity contribution in [1.29, 1.82) is 0 Å². The molecular formula is C15H19NO5. The number of aliphatic carboxylic acids is 1. The summed E-state index contributed by atoms with van der Waals surface area (Å²) in [5.74, 6) is -0.0936. The lowest BCUT2D eigenvalue weighted by molar-refractivity contribution is -0.142. The lowest BCUT2D eigenvalue weighted by Crippen LogP contribution is -2.29. The average Bonchev–Trinajstić information content (AvgIpc) is 3.02. The molecule has 1 aliphatic carbocycles. The molecule has 1 saturated heterocycles. The molecule has 3 rings (SSSR count). The summed E-state index contributed by atoms with van der Waals surface area (Å²) in [5.41, 5.74) is 0. The van der Waals surface area contributed by atoms with Gasteiger partial charge >= 0.3 is 5.97 Å². The van der Waals surface area contributed by atoms with Crippen LogP contribution in [0.2, 0.25) is 0 Å². The van der Waals surface area contributed by atoms with Crippen molar-refractivity contribution in [3.8, 4) is 0 Å². The molecule has 1 aromatic heterocycles. The summed E-state index contributed by atoms with van der Waals surface area (Å²) in [5, 5.41) is 9.33. The van der Waals surface area contributed by atoms with Gasteiger partial charge in [0.25, 0.3) is 5.91 Å². The molecule has 1 N–H and O–H groups in total. The van der Waals surface area contributed by atoms with E-state index in [4.69, 9.17) is 9.15 Å². The molecule has 2 fully saturated rings. The summed E-state index contributed by atoms with van der Waals surface area (Å²) in [4.78, 5) is 25.4. The highest BCUT2D eigenvalue weighted by Crippen LogP contribution is 2.44. The molecule has 1 amide bonds. The summed E-state index contributed by atoms with van der Waals surface area (Å²) in [6.45, 7) is 1.10.